The van der Waals surface area contributed by atoms with Gasteiger partial charge in [-0.1, -0.05) is 24.3 Å². The Morgan fingerprint density at radius 3 is 2.73 bits per heavy atom. The lowest BCUT2D eigenvalue weighted by Gasteiger charge is -2.21. The van der Waals surface area contributed by atoms with Gasteiger partial charge in [-0.2, -0.15) is 5.26 Å². The summed E-state index contributed by atoms with van der Waals surface area (Å²) in [5.41, 5.74) is 2.42. The summed E-state index contributed by atoms with van der Waals surface area (Å²) in [6.07, 6.45) is 12.4. The Bertz CT molecular complexity index is 882. The Hall–Kier alpha value is -3.39. The van der Waals surface area contributed by atoms with E-state index in [1.54, 1.807) is 32.6 Å². The van der Waals surface area contributed by atoms with E-state index in [9.17, 15) is 5.26 Å². The van der Waals surface area contributed by atoms with Crippen LogP contribution in [0.1, 0.15) is 18.4 Å². The molecule has 5 heteroatoms. The van der Waals surface area contributed by atoms with Crippen LogP contribution in [0.4, 0.5) is 0 Å². The summed E-state index contributed by atoms with van der Waals surface area (Å²) in [7, 11) is 3.15. The summed E-state index contributed by atoms with van der Waals surface area (Å²) < 4.78 is 22.1. The van der Waals surface area contributed by atoms with Crippen LogP contribution in [0.2, 0.25) is 0 Å². The van der Waals surface area contributed by atoms with Gasteiger partial charge >= 0.3 is 0 Å². The van der Waals surface area contributed by atoms with Crippen LogP contribution in [-0.4, -0.2) is 14.2 Å². The third-order valence-electron chi connectivity index (χ3n) is 4.07. The van der Waals surface area contributed by atoms with Gasteiger partial charge in [0.1, 0.15) is 12.5 Å². The van der Waals surface area contributed by atoms with E-state index in [4.69, 9.17) is 18.9 Å². The average Bonchev–Trinajstić information content (AvgIpc) is 2.72. The quantitative estimate of drug-likeness (QED) is 0.726. The highest BCUT2D eigenvalue weighted by Gasteiger charge is 2.20. The summed E-state index contributed by atoms with van der Waals surface area (Å²) in [4.78, 5) is 0. The van der Waals surface area contributed by atoms with Gasteiger partial charge in [0.05, 0.1) is 20.3 Å². The Morgan fingerprint density at radius 2 is 2.04 bits per heavy atom. The summed E-state index contributed by atoms with van der Waals surface area (Å²) in [5, 5.41) is 9.23. The van der Waals surface area contributed by atoms with Crippen molar-refractivity contribution in [2.75, 3.05) is 14.2 Å². The first-order chi connectivity index (χ1) is 12.8. The second-order valence-electron chi connectivity index (χ2n) is 5.62. The van der Waals surface area contributed by atoms with Gasteiger partial charge in [-0.15, -0.1) is 0 Å². The lowest BCUT2D eigenvalue weighted by molar-refractivity contribution is 0.243. The number of allylic oxidation sites excluding steroid dienone is 6. The van der Waals surface area contributed by atoms with E-state index in [0.29, 0.717) is 28.6 Å². The molecule has 0 N–H and O–H groups in total. The SMILES string of the molecule is COc1ccc(C(=CC#N)C2=COC=C(C3=CC=CCC3)O2)cc1OC. The van der Waals surface area contributed by atoms with E-state index in [-0.39, 0.29) is 0 Å². The van der Waals surface area contributed by atoms with E-state index in [1.165, 1.54) is 12.3 Å². The topological polar surface area (TPSA) is 60.7 Å². The largest absolute Gasteiger partial charge is 0.493 e. The zero-order chi connectivity index (χ0) is 18.4. The molecule has 0 amide bonds. The molecule has 0 bridgehead atoms. The molecule has 132 valence electrons. The normalized spacial score (nSPS) is 16.3. The van der Waals surface area contributed by atoms with Crippen molar-refractivity contribution >= 4 is 5.57 Å². The molecule has 1 aromatic rings. The number of rotatable bonds is 5. The van der Waals surface area contributed by atoms with Gasteiger partial charge in [0.15, 0.2) is 23.0 Å². The number of ether oxygens (including phenoxy) is 4. The van der Waals surface area contributed by atoms with Crippen LogP contribution in [-0.2, 0) is 9.47 Å². The van der Waals surface area contributed by atoms with Crippen molar-refractivity contribution in [2.45, 2.75) is 12.8 Å². The molecule has 0 saturated carbocycles. The van der Waals surface area contributed by atoms with Gasteiger partial charge in [0.2, 0.25) is 0 Å². The summed E-state index contributed by atoms with van der Waals surface area (Å²) in [5.74, 6) is 2.30. The van der Waals surface area contributed by atoms with Crippen molar-refractivity contribution in [1.29, 1.82) is 5.26 Å². The molecule has 0 saturated heterocycles. The van der Waals surface area contributed by atoms with E-state index in [2.05, 4.69) is 12.1 Å². The highest BCUT2D eigenvalue weighted by molar-refractivity contribution is 5.80. The van der Waals surface area contributed by atoms with Gasteiger partial charge in [0.25, 0.3) is 0 Å². The molecular formula is C21H19NO4. The zero-order valence-electron chi connectivity index (χ0n) is 14.7. The third kappa shape index (κ3) is 3.65. The van der Waals surface area contributed by atoms with Crippen molar-refractivity contribution < 1.29 is 18.9 Å². The maximum atomic E-state index is 9.23. The molecule has 1 heterocycles. The van der Waals surface area contributed by atoms with Crippen molar-refractivity contribution in [3.63, 3.8) is 0 Å². The predicted molar refractivity (Wildman–Crippen MR) is 97.9 cm³/mol. The first kappa shape index (κ1) is 17.4. The smallest absolute Gasteiger partial charge is 0.171 e. The molecule has 1 aromatic carbocycles. The molecule has 0 aromatic heterocycles. The van der Waals surface area contributed by atoms with Crippen molar-refractivity contribution in [3.8, 4) is 17.6 Å². The number of methoxy groups -OCH3 is 2. The lowest BCUT2D eigenvalue weighted by Crippen LogP contribution is -2.05. The maximum Gasteiger partial charge on any atom is 0.171 e. The van der Waals surface area contributed by atoms with Crippen LogP contribution in [0.25, 0.3) is 5.57 Å². The van der Waals surface area contributed by atoms with E-state index in [0.717, 1.165) is 24.0 Å². The monoisotopic (exact) mass is 349 g/mol. The number of nitriles is 1. The molecule has 0 spiro atoms. The standard InChI is InChI=1S/C21H19NO4/c1-23-18-9-8-16(12-19(18)24-2)17(10-11-22)21-14-25-13-20(26-21)15-6-4-3-5-7-15/h3-4,6,8-10,12-14H,5,7H2,1-2H3. The minimum absolute atomic E-state index is 0.465. The second kappa shape index (κ2) is 8.13. The van der Waals surface area contributed by atoms with Crippen LogP contribution in [0.3, 0.4) is 0 Å². The molecular weight excluding hydrogens is 330 g/mol. The third-order valence-corrected chi connectivity index (χ3v) is 4.07. The molecule has 0 radical (unpaired) electrons. The van der Waals surface area contributed by atoms with Gasteiger partial charge in [-0.3, -0.25) is 0 Å². The molecule has 0 unspecified atom stereocenters. The molecule has 5 nitrogen and oxygen atoms in total. The molecule has 1 aliphatic carbocycles. The fourth-order valence-corrected chi connectivity index (χ4v) is 2.76. The maximum absolute atomic E-state index is 9.23. The predicted octanol–water partition coefficient (Wildman–Crippen LogP) is 4.62. The summed E-state index contributed by atoms with van der Waals surface area (Å²) in [6, 6.07) is 7.50. The van der Waals surface area contributed by atoms with Crippen LogP contribution < -0.4 is 9.47 Å². The van der Waals surface area contributed by atoms with E-state index >= 15 is 0 Å². The molecule has 0 atom stereocenters. The molecule has 1 aliphatic heterocycles. The molecule has 2 aliphatic rings. The van der Waals surface area contributed by atoms with Crippen molar-refractivity contribution in [1.82, 2.24) is 0 Å². The summed E-state index contributed by atoms with van der Waals surface area (Å²) in [6.45, 7) is 0. The van der Waals surface area contributed by atoms with Gasteiger partial charge in [0, 0.05) is 11.6 Å². The number of hydrogen-bond donors (Lipinski definition) is 0. The van der Waals surface area contributed by atoms with Gasteiger partial charge < -0.3 is 18.9 Å². The Morgan fingerprint density at radius 1 is 1.19 bits per heavy atom. The van der Waals surface area contributed by atoms with E-state index in [1.807, 2.05) is 18.2 Å². The zero-order valence-corrected chi connectivity index (χ0v) is 14.7. The second-order valence-corrected chi connectivity index (χ2v) is 5.62. The molecule has 26 heavy (non-hydrogen) atoms. The number of benzene rings is 1. The highest BCUT2D eigenvalue weighted by atomic mass is 16.5. The van der Waals surface area contributed by atoms with E-state index < -0.39 is 0 Å². The van der Waals surface area contributed by atoms with Crippen LogP contribution >= 0.6 is 0 Å². The fourth-order valence-electron chi connectivity index (χ4n) is 2.76. The van der Waals surface area contributed by atoms with Crippen molar-refractivity contribution in [3.05, 3.63) is 77.7 Å². The first-order valence-electron chi connectivity index (χ1n) is 8.19. The minimum Gasteiger partial charge on any atom is -0.493 e. The fraction of sp³-hybridized carbons (Fsp3) is 0.190. The van der Waals surface area contributed by atoms with Crippen LogP contribution in [0.5, 0.6) is 11.5 Å². The Balaban J connectivity index is 1.91. The number of nitrogens with zero attached hydrogens (tertiary/aromatic N) is 1. The van der Waals surface area contributed by atoms with Crippen molar-refractivity contribution in [2.24, 2.45) is 0 Å². The van der Waals surface area contributed by atoms with Gasteiger partial charge in [-0.05, 0) is 36.1 Å². The Kier molecular flexibility index (Phi) is 5.45. The van der Waals surface area contributed by atoms with Crippen LogP contribution in [0.15, 0.2) is 72.1 Å². The first-order valence-corrected chi connectivity index (χ1v) is 8.19. The highest BCUT2D eigenvalue weighted by Crippen LogP contribution is 2.36. The summed E-state index contributed by atoms with van der Waals surface area (Å²) >= 11 is 0. The minimum atomic E-state index is 0.465. The van der Waals surface area contributed by atoms with Crippen LogP contribution in [0, 0.1) is 11.3 Å². The lowest BCUT2D eigenvalue weighted by atomic mass is 10.0. The van der Waals surface area contributed by atoms with Gasteiger partial charge in [-0.25, -0.2) is 0 Å². The molecule has 3 rings (SSSR count). The number of hydrogen-bond acceptors (Lipinski definition) is 5. The molecule has 0 fully saturated rings. The Labute approximate surface area is 152 Å². The average molecular weight is 349 g/mol.